The molecule has 98 valence electrons. The largest absolute Gasteiger partial charge is 0.356 e. The molecular formula is C13H18ClN3O. The Labute approximate surface area is 112 Å². The molecule has 3 heterocycles. The average Bonchev–Trinajstić information content (AvgIpc) is 2.97. The number of H-pyrrole nitrogens is 1. The van der Waals surface area contributed by atoms with Crippen molar-refractivity contribution in [3.63, 3.8) is 0 Å². The first-order chi connectivity index (χ1) is 8.74. The summed E-state index contributed by atoms with van der Waals surface area (Å²) in [6, 6.07) is 2.50. The molecule has 2 N–H and O–H groups in total. The van der Waals surface area contributed by atoms with Gasteiger partial charge in [-0.25, -0.2) is 0 Å². The molecule has 0 aliphatic carbocycles. The summed E-state index contributed by atoms with van der Waals surface area (Å²) in [6.07, 6.45) is 6.48. The van der Waals surface area contributed by atoms with Crippen molar-refractivity contribution in [2.24, 2.45) is 0 Å². The average molecular weight is 268 g/mol. The Balaban J connectivity index is 1.64. The number of hydrogen-bond acceptors (Lipinski definition) is 2. The number of fused-ring (bicyclic) bond motifs is 1. The van der Waals surface area contributed by atoms with Crippen molar-refractivity contribution in [3.8, 4) is 0 Å². The molecule has 18 heavy (non-hydrogen) atoms. The van der Waals surface area contributed by atoms with Crippen LogP contribution < -0.4 is 5.32 Å². The monoisotopic (exact) mass is 267 g/mol. The first kappa shape index (κ1) is 12.1. The Morgan fingerprint density at radius 1 is 1.39 bits per heavy atom. The van der Waals surface area contributed by atoms with Gasteiger partial charge >= 0.3 is 0 Å². The molecule has 0 bridgehead atoms. The van der Waals surface area contributed by atoms with E-state index in [-0.39, 0.29) is 5.91 Å². The Hall–Kier alpha value is -1.00. The van der Waals surface area contributed by atoms with Gasteiger partial charge in [-0.15, -0.1) is 0 Å². The summed E-state index contributed by atoms with van der Waals surface area (Å²) in [4.78, 5) is 17.5. The Bertz CT molecular complexity index is 445. The van der Waals surface area contributed by atoms with Crippen LogP contribution in [0.1, 0.15) is 36.2 Å². The topological polar surface area (TPSA) is 48.1 Å². The standard InChI is InChI=1S/C13H18ClN3O/c14-9-7-11(15-8-9)13(18)16-10-4-6-17-5-2-1-3-12(10)17/h7-8,10,12,15H,1-6H2,(H,16,18). The third-order valence-electron chi connectivity index (χ3n) is 4.06. The van der Waals surface area contributed by atoms with Gasteiger partial charge in [0.05, 0.1) is 5.02 Å². The van der Waals surface area contributed by atoms with Crippen LogP contribution in [0.4, 0.5) is 0 Å². The summed E-state index contributed by atoms with van der Waals surface area (Å²) < 4.78 is 0. The number of rotatable bonds is 2. The van der Waals surface area contributed by atoms with Gasteiger partial charge in [-0.05, 0) is 31.9 Å². The van der Waals surface area contributed by atoms with E-state index < -0.39 is 0 Å². The number of halogens is 1. The number of nitrogens with one attached hydrogen (secondary N) is 2. The number of amides is 1. The SMILES string of the molecule is O=C(NC1CCN2CCCCC12)c1cc(Cl)c[nH]1. The van der Waals surface area contributed by atoms with Crippen LogP contribution in [0.3, 0.4) is 0 Å². The lowest BCUT2D eigenvalue weighted by Gasteiger charge is -2.32. The number of piperidine rings is 1. The minimum atomic E-state index is -0.0423. The van der Waals surface area contributed by atoms with Gasteiger partial charge in [-0.1, -0.05) is 18.0 Å². The summed E-state index contributed by atoms with van der Waals surface area (Å²) in [5.41, 5.74) is 0.550. The lowest BCUT2D eigenvalue weighted by molar-refractivity contribution is 0.0911. The maximum atomic E-state index is 12.1. The zero-order chi connectivity index (χ0) is 12.5. The van der Waals surface area contributed by atoms with E-state index in [0.717, 1.165) is 13.0 Å². The number of aromatic nitrogens is 1. The van der Waals surface area contributed by atoms with Crippen molar-refractivity contribution in [1.29, 1.82) is 0 Å². The van der Waals surface area contributed by atoms with Crippen LogP contribution in [-0.4, -0.2) is 41.0 Å². The predicted molar refractivity (Wildman–Crippen MR) is 70.9 cm³/mol. The van der Waals surface area contributed by atoms with Gasteiger partial charge in [0.1, 0.15) is 5.69 Å². The van der Waals surface area contributed by atoms with Crippen LogP contribution >= 0.6 is 11.6 Å². The van der Waals surface area contributed by atoms with Gasteiger partial charge in [0.2, 0.25) is 0 Å². The lowest BCUT2D eigenvalue weighted by Crippen LogP contribution is -2.46. The van der Waals surface area contributed by atoms with Crippen molar-refractivity contribution in [3.05, 3.63) is 23.0 Å². The number of aromatic amines is 1. The summed E-state index contributed by atoms with van der Waals surface area (Å²) in [5.74, 6) is -0.0423. The van der Waals surface area contributed by atoms with Crippen molar-refractivity contribution < 1.29 is 4.79 Å². The highest BCUT2D eigenvalue weighted by Crippen LogP contribution is 2.27. The molecule has 2 saturated heterocycles. The second-order valence-electron chi connectivity index (χ2n) is 5.20. The normalized spacial score (nSPS) is 28.1. The molecule has 2 atom stereocenters. The number of carbonyl (C=O) groups excluding carboxylic acids is 1. The van der Waals surface area contributed by atoms with Crippen molar-refractivity contribution >= 4 is 17.5 Å². The predicted octanol–water partition coefficient (Wildman–Crippen LogP) is 2.02. The summed E-state index contributed by atoms with van der Waals surface area (Å²) in [6.45, 7) is 2.30. The first-order valence-corrected chi connectivity index (χ1v) is 7.00. The van der Waals surface area contributed by atoms with Crippen molar-refractivity contribution in [1.82, 2.24) is 15.2 Å². The maximum Gasteiger partial charge on any atom is 0.268 e. The van der Waals surface area contributed by atoms with E-state index in [4.69, 9.17) is 11.6 Å². The van der Waals surface area contributed by atoms with E-state index in [1.54, 1.807) is 12.3 Å². The highest BCUT2D eigenvalue weighted by Gasteiger charge is 2.36. The third kappa shape index (κ3) is 2.27. The molecule has 2 aliphatic heterocycles. The fourth-order valence-corrected chi connectivity index (χ4v) is 3.32. The molecule has 0 radical (unpaired) electrons. The molecule has 2 fully saturated rings. The molecule has 4 nitrogen and oxygen atoms in total. The molecule has 5 heteroatoms. The van der Waals surface area contributed by atoms with E-state index in [1.165, 1.54) is 25.8 Å². The molecule has 1 aromatic heterocycles. The van der Waals surface area contributed by atoms with Crippen LogP contribution in [0.15, 0.2) is 12.3 Å². The minimum absolute atomic E-state index is 0.0423. The van der Waals surface area contributed by atoms with Crippen molar-refractivity contribution in [2.45, 2.75) is 37.8 Å². The molecule has 0 saturated carbocycles. The first-order valence-electron chi connectivity index (χ1n) is 6.63. The van der Waals surface area contributed by atoms with Crippen LogP contribution in [0.25, 0.3) is 0 Å². The fourth-order valence-electron chi connectivity index (χ4n) is 3.16. The Kier molecular flexibility index (Phi) is 3.31. The van der Waals surface area contributed by atoms with Crippen molar-refractivity contribution in [2.75, 3.05) is 13.1 Å². The Morgan fingerprint density at radius 3 is 3.06 bits per heavy atom. The molecule has 1 amide bonds. The van der Waals surface area contributed by atoms with Crippen LogP contribution in [0.2, 0.25) is 5.02 Å². The molecule has 0 spiro atoms. The number of nitrogens with zero attached hydrogens (tertiary/aromatic N) is 1. The van der Waals surface area contributed by atoms with Gasteiger partial charge in [0.25, 0.3) is 5.91 Å². The highest BCUT2D eigenvalue weighted by molar-refractivity contribution is 6.30. The van der Waals surface area contributed by atoms with E-state index >= 15 is 0 Å². The highest BCUT2D eigenvalue weighted by atomic mass is 35.5. The number of hydrogen-bond donors (Lipinski definition) is 2. The number of carbonyl (C=O) groups is 1. The van der Waals surface area contributed by atoms with E-state index in [9.17, 15) is 4.79 Å². The quantitative estimate of drug-likeness (QED) is 0.861. The van der Waals surface area contributed by atoms with Gasteiger partial charge in [-0.3, -0.25) is 9.69 Å². The molecule has 2 unspecified atom stereocenters. The molecular weight excluding hydrogens is 250 g/mol. The van der Waals surface area contributed by atoms with E-state index in [2.05, 4.69) is 15.2 Å². The fraction of sp³-hybridized carbons (Fsp3) is 0.615. The summed E-state index contributed by atoms with van der Waals surface area (Å²) in [5, 5.41) is 3.71. The van der Waals surface area contributed by atoms with Gasteiger partial charge in [0, 0.05) is 24.8 Å². The minimum Gasteiger partial charge on any atom is -0.356 e. The summed E-state index contributed by atoms with van der Waals surface area (Å²) >= 11 is 5.81. The van der Waals surface area contributed by atoms with Crippen LogP contribution in [-0.2, 0) is 0 Å². The smallest absolute Gasteiger partial charge is 0.268 e. The molecule has 1 aromatic rings. The maximum absolute atomic E-state index is 12.1. The second-order valence-corrected chi connectivity index (χ2v) is 5.64. The van der Waals surface area contributed by atoms with E-state index in [1.807, 2.05) is 0 Å². The zero-order valence-electron chi connectivity index (χ0n) is 10.3. The van der Waals surface area contributed by atoms with Gasteiger partial charge < -0.3 is 10.3 Å². The molecule has 2 aliphatic rings. The van der Waals surface area contributed by atoms with Gasteiger partial charge in [-0.2, -0.15) is 0 Å². The summed E-state index contributed by atoms with van der Waals surface area (Å²) in [7, 11) is 0. The van der Waals surface area contributed by atoms with Gasteiger partial charge in [0.15, 0.2) is 0 Å². The lowest BCUT2D eigenvalue weighted by atomic mass is 9.99. The Morgan fingerprint density at radius 2 is 2.28 bits per heavy atom. The third-order valence-corrected chi connectivity index (χ3v) is 4.28. The van der Waals surface area contributed by atoms with Crippen LogP contribution in [0, 0.1) is 0 Å². The zero-order valence-corrected chi connectivity index (χ0v) is 11.0. The molecule has 3 rings (SSSR count). The van der Waals surface area contributed by atoms with E-state index in [0.29, 0.717) is 22.8 Å². The second kappa shape index (κ2) is 4.94. The molecule has 0 aromatic carbocycles. The van der Waals surface area contributed by atoms with Crippen LogP contribution in [0.5, 0.6) is 0 Å².